The Hall–Kier alpha value is -1.65. The third-order valence-corrected chi connectivity index (χ3v) is 4.94. The third-order valence-electron chi connectivity index (χ3n) is 3.79. The van der Waals surface area contributed by atoms with Gasteiger partial charge in [0.2, 0.25) is 0 Å². The van der Waals surface area contributed by atoms with Crippen LogP contribution in [0.5, 0.6) is 0 Å². The van der Waals surface area contributed by atoms with Crippen LogP contribution < -0.4 is 5.32 Å². The van der Waals surface area contributed by atoms with Crippen molar-refractivity contribution in [3.05, 3.63) is 16.0 Å². The highest BCUT2D eigenvalue weighted by Gasteiger charge is 2.44. The highest BCUT2D eigenvalue weighted by molar-refractivity contribution is 7.17. The van der Waals surface area contributed by atoms with Gasteiger partial charge >= 0.3 is 18.1 Å². The second-order valence-electron chi connectivity index (χ2n) is 5.25. The first-order chi connectivity index (χ1) is 10.7. The van der Waals surface area contributed by atoms with Gasteiger partial charge < -0.3 is 19.9 Å². The van der Waals surface area contributed by atoms with Gasteiger partial charge in [-0.05, 0) is 12.0 Å². The van der Waals surface area contributed by atoms with Gasteiger partial charge in [0.15, 0.2) is 5.79 Å². The summed E-state index contributed by atoms with van der Waals surface area (Å²) >= 11 is 0.823. The van der Waals surface area contributed by atoms with Crippen molar-refractivity contribution in [3.63, 3.8) is 0 Å². The van der Waals surface area contributed by atoms with Crippen LogP contribution in [-0.4, -0.2) is 42.2 Å². The fourth-order valence-corrected chi connectivity index (χ4v) is 4.12. The quantitative estimate of drug-likeness (QED) is 0.853. The minimum atomic E-state index is -5.08. The second kappa shape index (κ2) is 5.46. The maximum Gasteiger partial charge on any atom is 0.471 e. The molecule has 1 aliphatic heterocycles. The average molecular weight is 351 g/mol. The summed E-state index contributed by atoms with van der Waals surface area (Å²) in [6, 6.07) is 0. The van der Waals surface area contributed by atoms with E-state index in [1.165, 1.54) is 0 Å². The second-order valence-corrected chi connectivity index (χ2v) is 6.35. The van der Waals surface area contributed by atoms with Crippen LogP contribution >= 0.6 is 11.3 Å². The van der Waals surface area contributed by atoms with E-state index in [2.05, 4.69) is 0 Å². The molecule has 0 saturated carbocycles. The Bertz CT molecular complexity index is 663. The van der Waals surface area contributed by atoms with Crippen molar-refractivity contribution in [1.82, 2.24) is 0 Å². The number of anilines is 1. The number of aromatic carboxylic acids is 1. The van der Waals surface area contributed by atoms with Crippen molar-refractivity contribution in [1.29, 1.82) is 0 Å². The lowest BCUT2D eigenvalue weighted by Crippen LogP contribution is -2.36. The summed E-state index contributed by atoms with van der Waals surface area (Å²) in [5, 5.41) is 10.6. The van der Waals surface area contributed by atoms with E-state index in [1.54, 1.807) is 5.32 Å². The summed E-state index contributed by atoms with van der Waals surface area (Å²) < 4.78 is 48.3. The molecule has 6 nitrogen and oxygen atoms in total. The van der Waals surface area contributed by atoms with Crippen LogP contribution in [0.25, 0.3) is 0 Å². The third kappa shape index (κ3) is 2.93. The van der Waals surface area contributed by atoms with Gasteiger partial charge in [0.05, 0.1) is 18.8 Å². The Morgan fingerprint density at radius 2 is 1.91 bits per heavy atom. The lowest BCUT2D eigenvalue weighted by atomic mass is 9.91. The minimum Gasteiger partial charge on any atom is -0.478 e. The Morgan fingerprint density at radius 1 is 1.26 bits per heavy atom. The molecule has 1 aliphatic carbocycles. The number of carbonyl (C=O) groups is 2. The first-order valence-electron chi connectivity index (χ1n) is 6.76. The Labute approximate surface area is 132 Å². The highest BCUT2D eigenvalue weighted by Crippen LogP contribution is 2.44. The van der Waals surface area contributed by atoms with Crippen molar-refractivity contribution < 1.29 is 37.3 Å². The molecular weight excluding hydrogens is 339 g/mol. The van der Waals surface area contributed by atoms with Crippen LogP contribution in [-0.2, 0) is 27.1 Å². The van der Waals surface area contributed by atoms with Gasteiger partial charge in [0.25, 0.3) is 0 Å². The van der Waals surface area contributed by atoms with E-state index in [9.17, 15) is 27.9 Å². The number of hydrogen-bond donors (Lipinski definition) is 2. The van der Waals surface area contributed by atoms with Gasteiger partial charge in [-0.3, -0.25) is 4.79 Å². The average Bonchev–Trinajstić information content (AvgIpc) is 3.02. The first kappa shape index (κ1) is 16.2. The molecule has 1 saturated heterocycles. The number of ether oxygens (including phenoxy) is 2. The van der Waals surface area contributed by atoms with Crippen molar-refractivity contribution in [2.75, 3.05) is 18.5 Å². The van der Waals surface area contributed by atoms with Gasteiger partial charge in [-0.1, -0.05) is 0 Å². The number of carboxylic acid groups (broad SMARTS) is 1. The van der Waals surface area contributed by atoms with Gasteiger partial charge in [-0.15, -0.1) is 11.3 Å². The van der Waals surface area contributed by atoms with Gasteiger partial charge in [-0.2, -0.15) is 13.2 Å². The normalized spacial score (nSPS) is 19.6. The lowest BCUT2D eigenvalue weighted by molar-refractivity contribution is -0.167. The Balaban J connectivity index is 1.94. The smallest absolute Gasteiger partial charge is 0.471 e. The molecular formula is C13H12F3NO5S. The van der Waals surface area contributed by atoms with E-state index >= 15 is 0 Å². The molecule has 126 valence electrons. The van der Waals surface area contributed by atoms with E-state index in [0.29, 0.717) is 36.5 Å². The molecule has 1 aromatic rings. The van der Waals surface area contributed by atoms with E-state index in [1.807, 2.05) is 0 Å². The van der Waals surface area contributed by atoms with Gasteiger partial charge in [-0.25, -0.2) is 4.79 Å². The number of hydrogen-bond acceptors (Lipinski definition) is 5. The minimum absolute atomic E-state index is 0.259. The summed E-state index contributed by atoms with van der Waals surface area (Å²) in [6.45, 7) is 0.842. The zero-order valence-corrected chi connectivity index (χ0v) is 12.5. The molecule has 1 fully saturated rings. The van der Waals surface area contributed by atoms with E-state index < -0.39 is 23.8 Å². The van der Waals surface area contributed by atoms with Crippen molar-refractivity contribution >= 4 is 28.2 Å². The number of thiophene rings is 1. The van der Waals surface area contributed by atoms with Crippen molar-refractivity contribution in [2.24, 2.45) is 0 Å². The van der Waals surface area contributed by atoms with Crippen LogP contribution in [0.4, 0.5) is 18.2 Å². The molecule has 0 atom stereocenters. The first-order valence-corrected chi connectivity index (χ1v) is 7.57. The zero-order valence-electron chi connectivity index (χ0n) is 11.7. The van der Waals surface area contributed by atoms with E-state index in [-0.39, 0.29) is 17.0 Å². The van der Waals surface area contributed by atoms with Crippen LogP contribution in [0.2, 0.25) is 0 Å². The number of carboxylic acids is 1. The van der Waals surface area contributed by atoms with Crippen LogP contribution in [0.15, 0.2) is 0 Å². The molecule has 0 radical (unpaired) electrons. The standard InChI is InChI=1S/C13H12F3NO5S/c14-13(15,16)11(20)17-9-8(10(18)19)6-1-2-12(5-7(6)23-9)21-3-4-22-12/h1-5H2,(H,17,20)(H,18,19). The maximum atomic E-state index is 12.4. The summed E-state index contributed by atoms with van der Waals surface area (Å²) in [4.78, 5) is 23.1. The molecule has 1 aromatic heterocycles. The maximum absolute atomic E-state index is 12.4. The molecule has 1 spiro atoms. The number of carbonyl (C=O) groups excluding carboxylic acids is 1. The summed E-state index contributed by atoms with van der Waals surface area (Å²) in [5.41, 5.74) is 0.153. The molecule has 23 heavy (non-hydrogen) atoms. The molecule has 0 bridgehead atoms. The fourth-order valence-electron chi connectivity index (χ4n) is 2.80. The topological polar surface area (TPSA) is 84.9 Å². The largest absolute Gasteiger partial charge is 0.478 e. The number of rotatable bonds is 2. The molecule has 2 aliphatic rings. The molecule has 2 N–H and O–H groups in total. The van der Waals surface area contributed by atoms with E-state index in [4.69, 9.17) is 9.47 Å². The number of amides is 1. The number of nitrogens with one attached hydrogen (secondary N) is 1. The monoisotopic (exact) mass is 351 g/mol. The zero-order chi connectivity index (χ0) is 16.8. The van der Waals surface area contributed by atoms with Crippen LogP contribution in [0.1, 0.15) is 27.2 Å². The fraction of sp³-hybridized carbons (Fsp3) is 0.538. The van der Waals surface area contributed by atoms with Gasteiger partial charge in [0, 0.05) is 17.7 Å². The molecule has 2 heterocycles. The van der Waals surface area contributed by atoms with E-state index in [0.717, 1.165) is 11.3 Å². The van der Waals surface area contributed by atoms with Gasteiger partial charge in [0.1, 0.15) is 5.00 Å². The van der Waals surface area contributed by atoms with Crippen LogP contribution in [0, 0.1) is 0 Å². The SMILES string of the molecule is O=C(O)c1c(NC(=O)C(F)(F)F)sc2c1CCC1(C2)OCCO1. The molecule has 1 amide bonds. The molecule has 0 unspecified atom stereocenters. The number of fused-ring (bicyclic) bond motifs is 1. The Morgan fingerprint density at radius 3 is 2.48 bits per heavy atom. The number of alkyl halides is 3. The molecule has 0 aromatic carbocycles. The number of halogens is 3. The lowest BCUT2D eigenvalue weighted by Gasteiger charge is -2.31. The summed E-state index contributed by atoms with van der Waals surface area (Å²) in [5.74, 6) is -4.40. The summed E-state index contributed by atoms with van der Waals surface area (Å²) in [6.07, 6.45) is -4.10. The highest BCUT2D eigenvalue weighted by atomic mass is 32.1. The molecule has 3 rings (SSSR count). The summed E-state index contributed by atoms with van der Waals surface area (Å²) in [7, 11) is 0. The predicted octanol–water partition coefficient (Wildman–Crippen LogP) is 2.18. The Kier molecular flexibility index (Phi) is 3.85. The van der Waals surface area contributed by atoms with Crippen molar-refractivity contribution in [2.45, 2.75) is 31.2 Å². The van der Waals surface area contributed by atoms with Crippen molar-refractivity contribution in [3.8, 4) is 0 Å². The van der Waals surface area contributed by atoms with Crippen LogP contribution in [0.3, 0.4) is 0 Å². The predicted molar refractivity (Wildman–Crippen MR) is 72.6 cm³/mol. The molecule has 10 heteroatoms.